The molecule has 1 aromatic carbocycles. The fraction of sp³-hybridized carbons (Fsp3) is 0.200. The van der Waals surface area contributed by atoms with Gasteiger partial charge in [-0.3, -0.25) is 14.9 Å². The Balaban J connectivity index is 1.57. The van der Waals surface area contributed by atoms with Crippen LogP contribution in [-0.4, -0.2) is 23.1 Å². The first-order valence-corrected chi connectivity index (χ1v) is 7.25. The fourth-order valence-corrected chi connectivity index (χ4v) is 2.40. The average molecular weight is 329 g/mol. The zero-order valence-electron chi connectivity index (χ0n) is 12.5. The van der Waals surface area contributed by atoms with Crippen LogP contribution in [0.15, 0.2) is 52.2 Å². The number of benzene rings is 1. The minimum Gasteiger partial charge on any atom is -0.463 e. The molecule has 24 heavy (non-hydrogen) atoms. The van der Waals surface area contributed by atoms with Crippen molar-refractivity contribution in [3.05, 3.63) is 64.1 Å². The average Bonchev–Trinajstić information content (AvgIpc) is 3.26. The third-order valence-electron chi connectivity index (χ3n) is 3.61. The SMILES string of the molecule is O=C(N/N=C/c1ccco1)C1CC(c2cccc([N+](=O)[O-])c2)NN1. The van der Waals surface area contributed by atoms with E-state index in [-0.39, 0.29) is 17.6 Å². The molecule has 2 heterocycles. The molecule has 1 amide bonds. The Hall–Kier alpha value is -3.04. The van der Waals surface area contributed by atoms with Crippen molar-refractivity contribution in [3.63, 3.8) is 0 Å². The molecule has 2 aromatic rings. The number of carbonyl (C=O) groups is 1. The summed E-state index contributed by atoms with van der Waals surface area (Å²) in [6.07, 6.45) is 3.36. The molecule has 0 aliphatic carbocycles. The quantitative estimate of drug-likeness (QED) is 0.431. The van der Waals surface area contributed by atoms with Crippen LogP contribution in [0.4, 0.5) is 5.69 Å². The summed E-state index contributed by atoms with van der Waals surface area (Å²) in [5.41, 5.74) is 9.02. The Morgan fingerprint density at radius 1 is 1.38 bits per heavy atom. The van der Waals surface area contributed by atoms with Gasteiger partial charge in [0, 0.05) is 18.2 Å². The molecule has 0 radical (unpaired) electrons. The van der Waals surface area contributed by atoms with Crippen LogP contribution in [0, 0.1) is 10.1 Å². The molecule has 1 aliphatic heterocycles. The molecule has 1 saturated heterocycles. The third-order valence-corrected chi connectivity index (χ3v) is 3.61. The van der Waals surface area contributed by atoms with E-state index in [9.17, 15) is 14.9 Å². The molecular weight excluding hydrogens is 314 g/mol. The summed E-state index contributed by atoms with van der Waals surface area (Å²) in [7, 11) is 0. The molecule has 2 unspecified atom stereocenters. The second kappa shape index (κ2) is 7.02. The van der Waals surface area contributed by atoms with E-state index in [1.165, 1.54) is 24.6 Å². The lowest BCUT2D eigenvalue weighted by Gasteiger charge is -2.09. The standard InChI is InChI=1S/C15H15N5O4/c21-15(19-16-9-12-5-2-6-24-12)14-8-13(17-18-14)10-3-1-4-11(7-10)20(22)23/h1-7,9,13-14,17-18H,8H2,(H,19,21)/b16-9+. The molecule has 0 bridgehead atoms. The van der Waals surface area contributed by atoms with Crippen LogP contribution < -0.4 is 16.3 Å². The number of hydrazone groups is 1. The van der Waals surface area contributed by atoms with Crippen LogP contribution in [-0.2, 0) is 4.79 Å². The summed E-state index contributed by atoms with van der Waals surface area (Å²) in [6, 6.07) is 9.06. The molecule has 0 spiro atoms. The maximum absolute atomic E-state index is 12.1. The largest absolute Gasteiger partial charge is 0.463 e. The van der Waals surface area contributed by atoms with Gasteiger partial charge in [0.1, 0.15) is 11.8 Å². The first-order chi connectivity index (χ1) is 11.6. The lowest BCUT2D eigenvalue weighted by atomic mass is 10.0. The molecule has 0 saturated carbocycles. The van der Waals surface area contributed by atoms with Gasteiger partial charge >= 0.3 is 0 Å². The van der Waals surface area contributed by atoms with E-state index in [2.05, 4.69) is 21.4 Å². The number of nitrogens with one attached hydrogen (secondary N) is 3. The molecule has 1 fully saturated rings. The number of hydrogen-bond acceptors (Lipinski definition) is 7. The molecule has 9 heteroatoms. The Labute approximate surface area is 136 Å². The zero-order chi connectivity index (χ0) is 16.9. The summed E-state index contributed by atoms with van der Waals surface area (Å²) < 4.78 is 5.06. The van der Waals surface area contributed by atoms with Gasteiger partial charge in [0.05, 0.1) is 17.4 Å². The van der Waals surface area contributed by atoms with Crippen LogP contribution >= 0.6 is 0 Å². The number of rotatable bonds is 5. The Morgan fingerprint density at radius 3 is 3.00 bits per heavy atom. The van der Waals surface area contributed by atoms with Gasteiger partial charge in [-0.05, 0) is 24.1 Å². The van der Waals surface area contributed by atoms with Crippen LogP contribution in [0.3, 0.4) is 0 Å². The molecular formula is C15H15N5O4. The van der Waals surface area contributed by atoms with E-state index in [4.69, 9.17) is 4.42 Å². The van der Waals surface area contributed by atoms with Crippen LogP contribution in [0.1, 0.15) is 23.8 Å². The highest BCUT2D eigenvalue weighted by molar-refractivity contribution is 5.84. The van der Waals surface area contributed by atoms with Crippen LogP contribution in [0.25, 0.3) is 0 Å². The van der Waals surface area contributed by atoms with E-state index in [1.54, 1.807) is 24.3 Å². The van der Waals surface area contributed by atoms with E-state index in [1.807, 2.05) is 0 Å². The van der Waals surface area contributed by atoms with Crippen LogP contribution in [0.5, 0.6) is 0 Å². The Kier molecular flexibility index (Phi) is 4.64. The van der Waals surface area contributed by atoms with Crippen LogP contribution in [0.2, 0.25) is 0 Å². The van der Waals surface area contributed by atoms with Crippen molar-refractivity contribution >= 4 is 17.8 Å². The summed E-state index contributed by atoms with van der Waals surface area (Å²) in [6.45, 7) is 0. The van der Waals surface area contributed by atoms with Crippen molar-refractivity contribution < 1.29 is 14.1 Å². The second-order valence-corrected chi connectivity index (χ2v) is 5.23. The van der Waals surface area contributed by atoms with E-state index < -0.39 is 11.0 Å². The number of non-ortho nitro benzene ring substituents is 1. The molecule has 2 atom stereocenters. The van der Waals surface area contributed by atoms with Crippen molar-refractivity contribution in [2.45, 2.75) is 18.5 Å². The van der Waals surface area contributed by atoms with Gasteiger partial charge in [-0.1, -0.05) is 12.1 Å². The number of nitro benzene ring substituents is 1. The van der Waals surface area contributed by atoms with Gasteiger partial charge in [0.15, 0.2) is 0 Å². The van der Waals surface area contributed by atoms with Crippen molar-refractivity contribution in [1.29, 1.82) is 0 Å². The van der Waals surface area contributed by atoms with Crippen molar-refractivity contribution in [2.75, 3.05) is 0 Å². The summed E-state index contributed by atoms with van der Waals surface area (Å²) >= 11 is 0. The predicted molar refractivity (Wildman–Crippen MR) is 85.0 cm³/mol. The highest BCUT2D eigenvalue weighted by Crippen LogP contribution is 2.25. The topological polar surface area (TPSA) is 122 Å². The second-order valence-electron chi connectivity index (χ2n) is 5.23. The minimum absolute atomic E-state index is 0.0187. The lowest BCUT2D eigenvalue weighted by Crippen LogP contribution is -2.41. The van der Waals surface area contributed by atoms with Gasteiger partial charge in [-0.15, -0.1) is 0 Å². The smallest absolute Gasteiger partial charge is 0.269 e. The van der Waals surface area contributed by atoms with Crippen molar-refractivity contribution in [2.24, 2.45) is 5.10 Å². The third kappa shape index (κ3) is 3.65. The van der Waals surface area contributed by atoms with Gasteiger partial charge in [-0.2, -0.15) is 5.10 Å². The zero-order valence-corrected chi connectivity index (χ0v) is 12.5. The molecule has 3 N–H and O–H groups in total. The first-order valence-electron chi connectivity index (χ1n) is 7.25. The van der Waals surface area contributed by atoms with Crippen molar-refractivity contribution in [3.8, 4) is 0 Å². The summed E-state index contributed by atoms with van der Waals surface area (Å²) in [4.78, 5) is 22.5. The maximum atomic E-state index is 12.1. The summed E-state index contributed by atoms with van der Waals surface area (Å²) in [5, 5.41) is 14.7. The monoisotopic (exact) mass is 329 g/mol. The number of hydrazine groups is 1. The van der Waals surface area contributed by atoms with Gasteiger partial charge < -0.3 is 4.42 Å². The van der Waals surface area contributed by atoms with Gasteiger partial charge in [-0.25, -0.2) is 16.3 Å². The number of amides is 1. The number of carbonyl (C=O) groups excluding carboxylic acids is 1. The fourth-order valence-electron chi connectivity index (χ4n) is 2.40. The maximum Gasteiger partial charge on any atom is 0.269 e. The Bertz CT molecular complexity index is 759. The molecule has 1 aliphatic rings. The normalized spacial score (nSPS) is 20.3. The molecule has 124 valence electrons. The van der Waals surface area contributed by atoms with Gasteiger partial charge in [0.2, 0.25) is 0 Å². The number of nitro groups is 1. The van der Waals surface area contributed by atoms with E-state index in [0.29, 0.717) is 12.2 Å². The number of nitrogens with zero attached hydrogens (tertiary/aromatic N) is 2. The predicted octanol–water partition coefficient (Wildman–Crippen LogP) is 1.25. The molecule has 3 rings (SSSR count). The molecule has 1 aromatic heterocycles. The molecule has 9 nitrogen and oxygen atoms in total. The number of furan rings is 1. The minimum atomic E-state index is -0.497. The lowest BCUT2D eigenvalue weighted by molar-refractivity contribution is -0.384. The van der Waals surface area contributed by atoms with Gasteiger partial charge in [0.25, 0.3) is 11.6 Å². The summed E-state index contributed by atoms with van der Waals surface area (Å²) in [5.74, 6) is 0.223. The highest BCUT2D eigenvalue weighted by Gasteiger charge is 2.30. The Morgan fingerprint density at radius 2 is 2.25 bits per heavy atom. The van der Waals surface area contributed by atoms with E-state index in [0.717, 1.165) is 5.56 Å². The van der Waals surface area contributed by atoms with E-state index >= 15 is 0 Å². The van der Waals surface area contributed by atoms with Crippen molar-refractivity contribution in [1.82, 2.24) is 16.3 Å². The first kappa shape index (κ1) is 15.8. The highest BCUT2D eigenvalue weighted by atomic mass is 16.6. The number of hydrogen-bond donors (Lipinski definition) is 3.